The molecule has 9 nitrogen and oxygen atoms in total. The Labute approximate surface area is 276 Å². The number of nitrogens with zero attached hydrogens (tertiary/aromatic N) is 4. The first-order valence-electron chi connectivity index (χ1n) is 15.7. The number of amides is 3. The lowest BCUT2D eigenvalue weighted by Gasteiger charge is -2.28. The van der Waals surface area contributed by atoms with Crippen molar-refractivity contribution in [3.63, 3.8) is 0 Å². The predicted molar refractivity (Wildman–Crippen MR) is 180 cm³/mol. The normalized spacial score (nSPS) is 22.0. The number of fused-ring (bicyclic) bond motifs is 1. The Morgan fingerprint density at radius 3 is 2.59 bits per heavy atom. The number of benzene rings is 3. The van der Waals surface area contributed by atoms with Gasteiger partial charge in [-0.05, 0) is 54.3 Å². The van der Waals surface area contributed by atoms with Crippen molar-refractivity contribution in [3.8, 4) is 0 Å². The van der Waals surface area contributed by atoms with Gasteiger partial charge in [0.1, 0.15) is 0 Å². The summed E-state index contributed by atoms with van der Waals surface area (Å²) in [5.74, 6) is -1.23. The number of hydrazone groups is 1. The Bertz CT molecular complexity index is 1690. The molecule has 0 saturated carbocycles. The number of hydrogen-bond acceptors (Lipinski definition) is 6. The first-order valence-corrected chi connectivity index (χ1v) is 16.5. The van der Waals surface area contributed by atoms with Gasteiger partial charge in [-0.15, -0.1) is 0 Å². The second-order valence-electron chi connectivity index (χ2n) is 12.1. The van der Waals surface area contributed by atoms with Crippen LogP contribution >= 0.6 is 15.9 Å². The summed E-state index contributed by atoms with van der Waals surface area (Å²) in [5, 5.41) is 27.7. The molecule has 238 valence electrons. The molecule has 3 aromatic carbocycles. The lowest BCUT2D eigenvalue weighted by atomic mass is 9.83. The van der Waals surface area contributed by atoms with E-state index < -0.39 is 17.4 Å². The third-order valence-electron chi connectivity index (χ3n) is 9.18. The minimum Gasteiger partial charge on any atom is -0.394 e. The Hall–Kier alpha value is -4.12. The maximum Gasteiger partial charge on any atom is 0.264 e. The van der Waals surface area contributed by atoms with Crippen LogP contribution in [0.4, 0.5) is 11.4 Å². The van der Waals surface area contributed by atoms with Gasteiger partial charge in [-0.2, -0.15) is 5.10 Å². The van der Waals surface area contributed by atoms with E-state index in [9.17, 15) is 24.6 Å². The van der Waals surface area contributed by atoms with Gasteiger partial charge in [0.25, 0.3) is 5.91 Å². The summed E-state index contributed by atoms with van der Waals surface area (Å²) in [4.78, 5) is 42.9. The maximum atomic E-state index is 14.0. The molecule has 2 N–H and O–H groups in total. The second kappa shape index (κ2) is 13.3. The van der Waals surface area contributed by atoms with Gasteiger partial charge in [-0.1, -0.05) is 77.5 Å². The van der Waals surface area contributed by atoms with Crippen LogP contribution in [0.15, 0.2) is 94.5 Å². The van der Waals surface area contributed by atoms with Gasteiger partial charge in [0.2, 0.25) is 11.8 Å². The molecule has 3 heterocycles. The molecular weight excluding hydrogens is 648 g/mol. The largest absolute Gasteiger partial charge is 0.394 e. The zero-order chi connectivity index (χ0) is 32.4. The van der Waals surface area contributed by atoms with Crippen molar-refractivity contribution < 1.29 is 24.6 Å². The molecule has 0 aliphatic carbocycles. The highest BCUT2D eigenvalue weighted by Gasteiger charge is 2.52. The van der Waals surface area contributed by atoms with Crippen LogP contribution in [-0.4, -0.2) is 57.7 Å². The van der Waals surface area contributed by atoms with Gasteiger partial charge in [-0.3, -0.25) is 14.4 Å². The van der Waals surface area contributed by atoms with Crippen molar-refractivity contribution in [2.24, 2.45) is 11.0 Å². The van der Waals surface area contributed by atoms with Crippen LogP contribution in [0.2, 0.25) is 0 Å². The van der Waals surface area contributed by atoms with Crippen LogP contribution < -0.4 is 9.91 Å². The monoisotopic (exact) mass is 684 g/mol. The molecule has 0 spiro atoms. The topological polar surface area (TPSA) is 114 Å². The number of carbonyl (C=O) groups excluding carboxylic acids is 3. The lowest BCUT2D eigenvalue weighted by Crippen LogP contribution is -2.44. The maximum absolute atomic E-state index is 14.0. The number of carbonyl (C=O) groups is 3. The van der Waals surface area contributed by atoms with E-state index in [2.05, 4.69) is 21.0 Å². The fourth-order valence-electron chi connectivity index (χ4n) is 6.58. The zero-order valence-electron chi connectivity index (χ0n) is 25.7. The van der Waals surface area contributed by atoms with Gasteiger partial charge < -0.3 is 20.0 Å². The molecule has 3 atom stereocenters. The van der Waals surface area contributed by atoms with Crippen LogP contribution in [0.25, 0.3) is 0 Å². The molecule has 0 radical (unpaired) electrons. The number of halogens is 1. The van der Waals surface area contributed by atoms with Crippen molar-refractivity contribution in [2.75, 3.05) is 23.1 Å². The number of rotatable bonds is 9. The summed E-state index contributed by atoms with van der Waals surface area (Å²) in [6.07, 6.45) is 6.17. The molecule has 1 saturated heterocycles. The fourth-order valence-corrected chi connectivity index (χ4v) is 6.94. The SMILES string of the molecule is C[C@@H](/C=C/CC(=O)N1CCC[C@H]1CO)[C@]1(O)C(=O)N(Cc2ccc(N3N=C(c4ccccc4)CCC3=O)cc2)c2ccc(Br)cc21. The van der Waals surface area contributed by atoms with E-state index in [1.54, 1.807) is 34.9 Å². The molecule has 3 aromatic rings. The molecular formula is C36H37BrN4O5. The van der Waals surface area contributed by atoms with Gasteiger partial charge in [0, 0.05) is 41.8 Å². The molecule has 0 unspecified atom stereocenters. The average Bonchev–Trinajstić information content (AvgIpc) is 3.64. The van der Waals surface area contributed by atoms with E-state index in [-0.39, 0.29) is 37.4 Å². The summed E-state index contributed by atoms with van der Waals surface area (Å²) < 4.78 is 0.737. The standard InChI is InChI=1S/C36H37BrN4O5/c1-24(7-5-11-33(43)39-20-6-10-29(39)23-42)36(46)30-21-27(37)14-18-32(30)40(35(36)45)22-25-12-15-28(16-13-25)41-34(44)19-17-31(38-41)26-8-3-2-4-9-26/h2-5,7-9,12-16,18,21,24,29,42,46H,6,10-11,17,19-20,22-23H2,1H3/b7-5+/t24-,29-,36+/m0/s1. The van der Waals surface area contributed by atoms with E-state index in [0.717, 1.165) is 34.2 Å². The van der Waals surface area contributed by atoms with E-state index in [0.29, 0.717) is 36.3 Å². The Kier molecular flexibility index (Phi) is 9.22. The summed E-state index contributed by atoms with van der Waals surface area (Å²) in [5.41, 5.74) is 2.58. The predicted octanol–water partition coefficient (Wildman–Crippen LogP) is 5.28. The Balaban J connectivity index is 1.19. The van der Waals surface area contributed by atoms with Crippen LogP contribution in [0.1, 0.15) is 55.7 Å². The summed E-state index contributed by atoms with van der Waals surface area (Å²) in [7, 11) is 0. The number of likely N-dealkylation sites (tertiary alicyclic amines) is 1. The van der Waals surface area contributed by atoms with Crippen molar-refractivity contribution in [3.05, 3.63) is 106 Å². The van der Waals surface area contributed by atoms with E-state index >= 15 is 0 Å². The van der Waals surface area contributed by atoms with Crippen molar-refractivity contribution in [1.29, 1.82) is 0 Å². The van der Waals surface area contributed by atoms with E-state index in [4.69, 9.17) is 0 Å². The van der Waals surface area contributed by atoms with Crippen molar-refractivity contribution >= 4 is 50.7 Å². The molecule has 6 rings (SSSR count). The average molecular weight is 686 g/mol. The quantitative estimate of drug-likeness (QED) is 0.298. The lowest BCUT2D eigenvalue weighted by molar-refractivity contribution is -0.139. The Morgan fingerprint density at radius 1 is 1.09 bits per heavy atom. The van der Waals surface area contributed by atoms with Crippen LogP contribution in [0.5, 0.6) is 0 Å². The minimum absolute atomic E-state index is 0.0517. The van der Waals surface area contributed by atoms with E-state index in [1.807, 2.05) is 66.7 Å². The van der Waals surface area contributed by atoms with Crippen LogP contribution in [-0.2, 0) is 26.5 Å². The molecule has 0 bridgehead atoms. The van der Waals surface area contributed by atoms with Gasteiger partial charge in [-0.25, -0.2) is 5.01 Å². The molecule has 46 heavy (non-hydrogen) atoms. The summed E-state index contributed by atoms with van der Waals surface area (Å²) in [6.45, 7) is 2.57. The van der Waals surface area contributed by atoms with Crippen molar-refractivity contribution in [1.82, 2.24) is 4.90 Å². The molecule has 3 aliphatic rings. The van der Waals surface area contributed by atoms with Crippen molar-refractivity contribution in [2.45, 2.75) is 57.2 Å². The smallest absolute Gasteiger partial charge is 0.264 e. The molecule has 10 heteroatoms. The highest BCUT2D eigenvalue weighted by atomic mass is 79.9. The third kappa shape index (κ3) is 6.04. The van der Waals surface area contributed by atoms with Crippen LogP contribution in [0.3, 0.4) is 0 Å². The Morgan fingerprint density at radius 2 is 1.85 bits per heavy atom. The highest BCUT2D eigenvalue weighted by molar-refractivity contribution is 9.10. The molecule has 0 aromatic heterocycles. The first kappa shape index (κ1) is 31.8. The highest BCUT2D eigenvalue weighted by Crippen LogP contribution is 2.47. The van der Waals surface area contributed by atoms with Gasteiger partial charge in [0.05, 0.1) is 36.3 Å². The number of aliphatic hydroxyl groups excluding tert-OH is 1. The molecule has 3 aliphatic heterocycles. The second-order valence-corrected chi connectivity index (χ2v) is 13.0. The summed E-state index contributed by atoms with van der Waals surface area (Å²) >= 11 is 3.49. The molecule has 1 fully saturated rings. The minimum atomic E-state index is -1.83. The van der Waals surface area contributed by atoms with Gasteiger partial charge in [0.15, 0.2) is 5.60 Å². The van der Waals surface area contributed by atoms with E-state index in [1.165, 1.54) is 5.01 Å². The number of aliphatic hydroxyl groups is 2. The zero-order valence-corrected chi connectivity index (χ0v) is 27.3. The first-order chi connectivity index (χ1) is 22.2. The number of hydrogen-bond donors (Lipinski definition) is 2. The van der Waals surface area contributed by atoms with Gasteiger partial charge >= 0.3 is 0 Å². The molecule has 3 amide bonds. The third-order valence-corrected chi connectivity index (χ3v) is 9.67. The number of anilines is 2. The van der Waals surface area contributed by atoms with Crippen LogP contribution in [0, 0.1) is 5.92 Å². The fraction of sp³-hybridized carbons (Fsp3) is 0.333. The summed E-state index contributed by atoms with van der Waals surface area (Å²) in [6, 6.07) is 22.5.